The van der Waals surface area contributed by atoms with Crippen LogP contribution in [0, 0.1) is 5.92 Å². The van der Waals surface area contributed by atoms with Crippen LogP contribution >= 0.6 is 15.9 Å². The highest BCUT2D eigenvalue weighted by atomic mass is 79.9. The summed E-state index contributed by atoms with van der Waals surface area (Å²) in [4.78, 5) is 11.3. The smallest absolute Gasteiger partial charge is 0.252 e. The summed E-state index contributed by atoms with van der Waals surface area (Å²) in [5.41, 5.74) is 5.75. The van der Waals surface area contributed by atoms with Gasteiger partial charge < -0.3 is 15.8 Å². The summed E-state index contributed by atoms with van der Waals surface area (Å²) in [5, 5.41) is 3.32. The third-order valence-corrected chi connectivity index (χ3v) is 3.65. The predicted molar refractivity (Wildman–Crippen MR) is 73.7 cm³/mol. The summed E-state index contributed by atoms with van der Waals surface area (Å²) in [6.45, 7) is 2.77. The third kappa shape index (κ3) is 3.46. The fourth-order valence-electron chi connectivity index (χ4n) is 2.12. The average Bonchev–Trinajstić information content (AvgIpc) is 2.82. The Hall–Kier alpha value is -1.07. The molecule has 2 rings (SSSR count). The van der Waals surface area contributed by atoms with Gasteiger partial charge in [0, 0.05) is 4.47 Å². The molecular formula is C13H17BrN2O2. The molecule has 1 fully saturated rings. The van der Waals surface area contributed by atoms with E-state index in [0.29, 0.717) is 23.8 Å². The molecule has 1 saturated heterocycles. The van der Waals surface area contributed by atoms with Gasteiger partial charge in [0.1, 0.15) is 5.75 Å². The first-order valence-corrected chi connectivity index (χ1v) is 6.89. The number of carbonyl (C=O) groups is 1. The first-order chi connectivity index (χ1) is 8.66. The zero-order valence-electron chi connectivity index (χ0n) is 10.1. The second-order valence-corrected chi connectivity index (χ2v) is 5.42. The van der Waals surface area contributed by atoms with Gasteiger partial charge in [-0.25, -0.2) is 0 Å². The molecular weight excluding hydrogens is 296 g/mol. The monoisotopic (exact) mass is 312 g/mol. The number of halogens is 1. The van der Waals surface area contributed by atoms with Crippen molar-refractivity contribution >= 4 is 21.8 Å². The van der Waals surface area contributed by atoms with E-state index in [1.54, 1.807) is 18.2 Å². The van der Waals surface area contributed by atoms with Gasteiger partial charge in [0.2, 0.25) is 0 Å². The Morgan fingerprint density at radius 3 is 3.06 bits per heavy atom. The number of primary amides is 1. The van der Waals surface area contributed by atoms with Crippen molar-refractivity contribution < 1.29 is 9.53 Å². The minimum Gasteiger partial charge on any atom is -0.493 e. The van der Waals surface area contributed by atoms with E-state index in [4.69, 9.17) is 10.5 Å². The SMILES string of the molecule is NC(=O)c1ccc(Br)cc1OCCC1CCNC1. The van der Waals surface area contributed by atoms with Crippen molar-refractivity contribution in [2.24, 2.45) is 11.7 Å². The minimum atomic E-state index is -0.458. The van der Waals surface area contributed by atoms with Crippen LogP contribution in [0.3, 0.4) is 0 Å². The second-order valence-electron chi connectivity index (χ2n) is 4.50. The van der Waals surface area contributed by atoms with Crippen LogP contribution in [0.25, 0.3) is 0 Å². The lowest BCUT2D eigenvalue weighted by atomic mass is 10.1. The lowest BCUT2D eigenvalue weighted by Gasteiger charge is -2.12. The summed E-state index contributed by atoms with van der Waals surface area (Å²) in [5.74, 6) is 0.775. The molecule has 0 aliphatic carbocycles. The van der Waals surface area contributed by atoms with E-state index in [1.165, 1.54) is 6.42 Å². The van der Waals surface area contributed by atoms with E-state index in [1.807, 2.05) is 0 Å². The molecule has 0 saturated carbocycles. The summed E-state index contributed by atoms with van der Waals surface area (Å²) in [6.07, 6.45) is 2.20. The third-order valence-electron chi connectivity index (χ3n) is 3.16. The van der Waals surface area contributed by atoms with Crippen molar-refractivity contribution in [3.63, 3.8) is 0 Å². The molecule has 98 valence electrons. The molecule has 0 aromatic heterocycles. The molecule has 1 atom stereocenters. The van der Waals surface area contributed by atoms with E-state index in [9.17, 15) is 4.79 Å². The molecule has 1 heterocycles. The van der Waals surface area contributed by atoms with Crippen LogP contribution in [0.5, 0.6) is 5.75 Å². The van der Waals surface area contributed by atoms with Crippen LogP contribution in [0.1, 0.15) is 23.2 Å². The molecule has 0 radical (unpaired) electrons. The van der Waals surface area contributed by atoms with E-state index in [0.717, 1.165) is 24.0 Å². The zero-order chi connectivity index (χ0) is 13.0. The number of benzene rings is 1. The highest BCUT2D eigenvalue weighted by Gasteiger charge is 2.15. The molecule has 1 amide bonds. The normalized spacial score (nSPS) is 18.8. The summed E-state index contributed by atoms with van der Waals surface area (Å²) in [6, 6.07) is 5.25. The van der Waals surface area contributed by atoms with Gasteiger partial charge in [-0.05, 0) is 50.0 Å². The van der Waals surface area contributed by atoms with Crippen molar-refractivity contribution in [1.29, 1.82) is 0 Å². The molecule has 1 aromatic rings. The quantitative estimate of drug-likeness (QED) is 0.873. The van der Waals surface area contributed by atoms with Crippen LogP contribution in [0.2, 0.25) is 0 Å². The maximum Gasteiger partial charge on any atom is 0.252 e. The molecule has 1 aliphatic rings. The van der Waals surface area contributed by atoms with Crippen LogP contribution in [-0.2, 0) is 0 Å². The standard InChI is InChI=1S/C13H17BrN2O2/c14-10-1-2-11(13(15)17)12(7-10)18-6-4-9-3-5-16-8-9/h1-2,7,9,16H,3-6,8H2,(H2,15,17). The van der Waals surface area contributed by atoms with E-state index in [2.05, 4.69) is 21.2 Å². The Morgan fingerprint density at radius 1 is 1.56 bits per heavy atom. The Kier molecular flexibility index (Phi) is 4.60. The topological polar surface area (TPSA) is 64.4 Å². The molecule has 0 spiro atoms. The van der Waals surface area contributed by atoms with Gasteiger partial charge in [-0.3, -0.25) is 4.79 Å². The van der Waals surface area contributed by atoms with Gasteiger partial charge >= 0.3 is 0 Å². The molecule has 0 bridgehead atoms. The Morgan fingerprint density at radius 2 is 2.39 bits per heavy atom. The fourth-order valence-corrected chi connectivity index (χ4v) is 2.46. The summed E-state index contributed by atoms with van der Waals surface area (Å²) < 4.78 is 6.56. The molecule has 1 aliphatic heterocycles. The molecule has 4 nitrogen and oxygen atoms in total. The predicted octanol–water partition coefficient (Wildman–Crippen LogP) is 1.93. The van der Waals surface area contributed by atoms with E-state index in [-0.39, 0.29) is 0 Å². The first kappa shape index (κ1) is 13.4. The Bertz CT molecular complexity index is 431. The maximum atomic E-state index is 11.3. The Labute approximate surface area is 115 Å². The largest absolute Gasteiger partial charge is 0.493 e. The number of carbonyl (C=O) groups excluding carboxylic acids is 1. The number of hydrogen-bond donors (Lipinski definition) is 2. The highest BCUT2D eigenvalue weighted by Crippen LogP contribution is 2.24. The summed E-state index contributed by atoms with van der Waals surface area (Å²) in [7, 11) is 0. The van der Waals surface area contributed by atoms with Crippen LogP contribution in [-0.4, -0.2) is 25.6 Å². The number of rotatable bonds is 5. The maximum absolute atomic E-state index is 11.3. The van der Waals surface area contributed by atoms with Gasteiger partial charge in [-0.2, -0.15) is 0 Å². The molecule has 1 unspecified atom stereocenters. The second kappa shape index (κ2) is 6.20. The van der Waals surface area contributed by atoms with Crippen LogP contribution in [0.15, 0.2) is 22.7 Å². The lowest BCUT2D eigenvalue weighted by molar-refractivity contribution is 0.0996. The molecule has 18 heavy (non-hydrogen) atoms. The average molecular weight is 313 g/mol. The number of ether oxygens (including phenoxy) is 1. The number of amides is 1. The number of nitrogens with one attached hydrogen (secondary N) is 1. The van der Waals surface area contributed by atoms with E-state index < -0.39 is 5.91 Å². The van der Waals surface area contributed by atoms with Gasteiger partial charge in [0.05, 0.1) is 12.2 Å². The minimum absolute atomic E-state index is 0.433. The van der Waals surface area contributed by atoms with Gasteiger partial charge in [-0.1, -0.05) is 15.9 Å². The molecule has 3 N–H and O–H groups in total. The number of hydrogen-bond acceptors (Lipinski definition) is 3. The van der Waals surface area contributed by atoms with Crippen molar-refractivity contribution in [3.8, 4) is 5.75 Å². The zero-order valence-corrected chi connectivity index (χ0v) is 11.7. The molecule has 1 aromatic carbocycles. The van der Waals surface area contributed by atoms with Crippen molar-refractivity contribution in [2.45, 2.75) is 12.8 Å². The van der Waals surface area contributed by atoms with Crippen molar-refractivity contribution in [1.82, 2.24) is 5.32 Å². The van der Waals surface area contributed by atoms with Crippen LogP contribution < -0.4 is 15.8 Å². The van der Waals surface area contributed by atoms with Gasteiger partial charge in [0.15, 0.2) is 0 Å². The highest BCUT2D eigenvalue weighted by molar-refractivity contribution is 9.10. The number of nitrogens with two attached hydrogens (primary N) is 1. The molecule has 5 heteroatoms. The Balaban J connectivity index is 1.94. The van der Waals surface area contributed by atoms with Crippen molar-refractivity contribution in [3.05, 3.63) is 28.2 Å². The van der Waals surface area contributed by atoms with E-state index >= 15 is 0 Å². The van der Waals surface area contributed by atoms with Gasteiger partial charge in [-0.15, -0.1) is 0 Å². The first-order valence-electron chi connectivity index (χ1n) is 6.09. The lowest BCUT2D eigenvalue weighted by Crippen LogP contribution is -2.15. The summed E-state index contributed by atoms with van der Waals surface area (Å²) >= 11 is 3.36. The van der Waals surface area contributed by atoms with Gasteiger partial charge in [0.25, 0.3) is 5.91 Å². The van der Waals surface area contributed by atoms with Crippen LogP contribution in [0.4, 0.5) is 0 Å². The van der Waals surface area contributed by atoms with Crippen molar-refractivity contribution in [2.75, 3.05) is 19.7 Å². The fraction of sp³-hybridized carbons (Fsp3) is 0.462.